The molecule has 2 atom stereocenters. The van der Waals surface area contributed by atoms with E-state index in [0.717, 1.165) is 33.2 Å². The van der Waals surface area contributed by atoms with E-state index in [1.165, 1.54) is 32.7 Å². The molecule has 0 unspecified atom stereocenters. The van der Waals surface area contributed by atoms with E-state index in [1.54, 1.807) is 0 Å². The smallest absolute Gasteiger partial charge is 0.0300 e. The van der Waals surface area contributed by atoms with Crippen LogP contribution in [0.5, 0.6) is 0 Å². The molecule has 5 heteroatoms. The summed E-state index contributed by atoms with van der Waals surface area (Å²) in [5.74, 6) is 8.74. The van der Waals surface area contributed by atoms with Crippen molar-refractivity contribution in [2.24, 2.45) is 0 Å². The van der Waals surface area contributed by atoms with E-state index in [2.05, 4.69) is 187 Å². The second-order valence-corrected chi connectivity index (χ2v) is 13.9. The van der Waals surface area contributed by atoms with Crippen molar-refractivity contribution >= 4 is 69.3 Å². The first-order valence-corrected chi connectivity index (χ1v) is 19.2. The average molecular weight is 878 g/mol. The van der Waals surface area contributed by atoms with Gasteiger partial charge in [0.1, 0.15) is 0 Å². The van der Waals surface area contributed by atoms with Crippen molar-refractivity contribution in [3.8, 4) is 24.2 Å². The van der Waals surface area contributed by atoms with Gasteiger partial charge in [0, 0.05) is 45.2 Å². The van der Waals surface area contributed by atoms with E-state index in [1.807, 2.05) is 59.6 Å². The van der Waals surface area contributed by atoms with E-state index < -0.39 is 0 Å². The number of nitrogens with one attached hydrogen (secondary N) is 2. The first-order chi connectivity index (χ1) is 24.9. The third kappa shape index (κ3) is 13.7. The van der Waals surface area contributed by atoms with Gasteiger partial charge in [-0.15, -0.1) is 6.42 Å². The van der Waals surface area contributed by atoms with Crippen LogP contribution >= 0.6 is 47.8 Å². The van der Waals surface area contributed by atoms with Gasteiger partial charge < -0.3 is 10.6 Å². The van der Waals surface area contributed by atoms with Gasteiger partial charge >= 0.3 is 0 Å². The first-order valence-electron chi connectivity index (χ1n) is 16.7. The molecule has 0 radical (unpaired) electrons. The summed E-state index contributed by atoms with van der Waals surface area (Å²) in [6, 6.07) is 46.3. The molecule has 6 aromatic rings. The van der Waals surface area contributed by atoms with Crippen molar-refractivity contribution in [1.82, 2.24) is 10.6 Å². The van der Waals surface area contributed by atoms with E-state index in [0.29, 0.717) is 6.04 Å². The lowest BCUT2D eigenvalue weighted by molar-refractivity contribution is 0.621. The van der Waals surface area contributed by atoms with Crippen LogP contribution in [0.4, 0.5) is 0 Å². The van der Waals surface area contributed by atoms with Gasteiger partial charge in [0.15, 0.2) is 0 Å². The maximum atomic E-state index is 5.13. The Balaban J connectivity index is 0.000000233. The van der Waals surface area contributed by atoms with E-state index in [-0.39, 0.29) is 13.5 Å². The molecule has 0 aromatic heterocycles. The predicted molar refractivity (Wildman–Crippen MR) is 238 cm³/mol. The van der Waals surface area contributed by atoms with Crippen LogP contribution in [0.3, 0.4) is 0 Å². The number of hydrogen-bond acceptors (Lipinski definition) is 2. The number of rotatable bonds is 8. The third-order valence-electron chi connectivity index (χ3n) is 8.03. The summed E-state index contributed by atoms with van der Waals surface area (Å²) in [6.45, 7) is 6.06. The maximum Gasteiger partial charge on any atom is 0.0300 e. The molecule has 0 amide bonds. The highest BCUT2D eigenvalue weighted by Crippen LogP contribution is 2.25. The molecule has 0 aliphatic rings. The summed E-state index contributed by atoms with van der Waals surface area (Å²) in [5.41, 5.74) is 4.61. The Hall–Kier alpha value is -4.20. The summed E-state index contributed by atoms with van der Waals surface area (Å²) in [4.78, 5) is 1.88. The minimum absolute atomic E-state index is 0. The molecule has 0 aliphatic heterocycles. The number of allylic oxidation sites excluding steroid dienone is 1. The van der Waals surface area contributed by atoms with Crippen molar-refractivity contribution in [2.45, 2.75) is 33.4 Å². The van der Waals surface area contributed by atoms with Crippen molar-refractivity contribution in [1.29, 1.82) is 0 Å². The Morgan fingerprint density at radius 2 is 1.04 bits per heavy atom. The van der Waals surface area contributed by atoms with Crippen molar-refractivity contribution in [2.75, 3.05) is 13.1 Å². The molecule has 0 saturated carbocycles. The Kier molecular flexibility index (Phi) is 19.0. The fraction of sp³-hybridized carbons (Fsp3) is 0.149. The molecule has 264 valence electrons. The van der Waals surface area contributed by atoms with Crippen molar-refractivity contribution in [3.05, 3.63) is 188 Å². The molecule has 0 saturated heterocycles. The van der Waals surface area contributed by atoms with Crippen LogP contribution in [0, 0.1) is 24.2 Å². The lowest BCUT2D eigenvalue weighted by Crippen LogP contribution is -2.18. The minimum atomic E-state index is 0. The number of fused-ring (bicyclic) bond motifs is 2. The van der Waals surface area contributed by atoms with Crippen LogP contribution in [0.1, 0.15) is 55.6 Å². The summed E-state index contributed by atoms with van der Waals surface area (Å²) < 4.78 is 2.13. The summed E-state index contributed by atoms with van der Waals surface area (Å²) >= 11 is 10.0. The zero-order chi connectivity index (χ0) is 36.3. The Labute approximate surface area is 336 Å². The third-order valence-corrected chi connectivity index (χ3v) is 9.46. The quantitative estimate of drug-likeness (QED) is 0.149. The molecule has 0 aliphatic carbocycles. The highest BCUT2D eigenvalue weighted by molar-refractivity contribution is 9.11. The van der Waals surface area contributed by atoms with Crippen LogP contribution in [0.25, 0.3) is 21.5 Å². The summed E-state index contributed by atoms with van der Waals surface area (Å²) in [7, 11) is 0. The van der Waals surface area contributed by atoms with Crippen molar-refractivity contribution < 1.29 is 0 Å². The topological polar surface area (TPSA) is 24.1 Å². The zero-order valence-electron chi connectivity index (χ0n) is 28.8. The molecular weight excluding hydrogens is 832 g/mol. The lowest BCUT2D eigenvalue weighted by atomic mass is 10.00. The Morgan fingerprint density at radius 3 is 1.52 bits per heavy atom. The SMILES string of the molecule is C.C#Cc1ccc(Br)cc1.C[C@@H](NC/C=C/Br)c1cccc2ccccc12.C[C@@H](NC/C=C/C#Cc1ccc(Br)cc1)c1cccc2ccccc12. The molecule has 0 spiro atoms. The maximum absolute atomic E-state index is 5.13. The fourth-order valence-corrected chi connectivity index (χ4v) is 6.05. The van der Waals surface area contributed by atoms with Crippen molar-refractivity contribution in [3.63, 3.8) is 0 Å². The number of hydrogen-bond donors (Lipinski definition) is 2. The second kappa shape index (κ2) is 23.4. The number of halogens is 3. The zero-order valence-corrected chi connectivity index (χ0v) is 33.5. The molecule has 6 rings (SSSR count). The first kappa shape index (κ1) is 42.2. The molecule has 0 fully saturated rings. The van der Waals surface area contributed by atoms with Gasteiger partial charge in [0.05, 0.1) is 0 Å². The monoisotopic (exact) mass is 874 g/mol. The molecule has 6 aromatic carbocycles. The summed E-state index contributed by atoms with van der Waals surface area (Å²) in [5, 5.41) is 12.2. The molecule has 0 bridgehead atoms. The van der Waals surface area contributed by atoms with Gasteiger partial charge in [-0.25, -0.2) is 0 Å². The van der Waals surface area contributed by atoms with Crippen LogP contribution in [0.2, 0.25) is 0 Å². The van der Waals surface area contributed by atoms with Gasteiger partial charge in [-0.2, -0.15) is 0 Å². The van der Waals surface area contributed by atoms with E-state index in [4.69, 9.17) is 6.42 Å². The second-order valence-electron chi connectivity index (χ2n) is 11.6. The molecular formula is C47H45Br3N2. The largest absolute Gasteiger partial charge is 0.307 e. The van der Waals surface area contributed by atoms with Gasteiger partial charge in [-0.05, 0) is 106 Å². The predicted octanol–water partition coefficient (Wildman–Crippen LogP) is 13.3. The lowest BCUT2D eigenvalue weighted by Gasteiger charge is -2.15. The van der Waals surface area contributed by atoms with Gasteiger partial charge in [0.2, 0.25) is 0 Å². The summed E-state index contributed by atoms with van der Waals surface area (Å²) in [6.07, 6.45) is 11.2. The van der Waals surface area contributed by atoms with Crippen LogP contribution in [-0.2, 0) is 0 Å². The highest BCUT2D eigenvalue weighted by Gasteiger charge is 2.08. The van der Waals surface area contributed by atoms with Gasteiger partial charge in [-0.1, -0.05) is 170 Å². The highest BCUT2D eigenvalue weighted by atomic mass is 79.9. The Morgan fingerprint density at radius 1 is 0.596 bits per heavy atom. The molecule has 0 heterocycles. The number of terminal acetylenes is 1. The van der Waals surface area contributed by atoms with Crippen LogP contribution in [-0.4, -0.2) is 13.1 Å². The van der Waals surface area contributed by atoms with Crippen LogP contribution in [0.15, 0.2) is 166 Å². The Bertz CT molecular complexity index is 2120. The number of benzene rings is 6. The van der Waals surface area contributed by atoms with Gasteiger partial charge in [0.25, 0.3) is 0 Å². The molecule has 52 heavy (non-hydrogen) atoms. The minimum Gasteiger partial charge on any atom is -0.307 e. The van der Waals surface area contributed by atoms with Crippen LogP contribution < -0.4 is 10.6 Å². The average Bonchev–Trinajstić information content (AvgIpc) is 3.17. The van der Waals surface area contributed by atoms with E-state index in [9.17, 15) is 0 Å². The van der Waals surface area contributed by atoms with E-state index >= 15 is 0 Å². The normalized spacial score (nSPS) is 11.6. The van der Waals surface area contributed by atoms with Gasteiger partial charge in [-0.3, -0.25) is 0 Å². The standard InChI is InChI=1S/C23H20BrN.C15H16BrN.C8H5Br.CH4/c1-18(22-12-7-10-20-9-4-5-11-23(20)22)25-17-6-2-3-8-19-13-15-21(24)16-14-19;1-12(17-11-5-10-16)14-9-4-7-13-6-2-3-8-15(13)14;1-2-7-3-5-8(9)6-4-7;/h2,4-7,9-16,18,25H,17H2,1H3;2-10,12,17H,11H2,1H3;1,3-6H;1H4/b6-2+;10-5+;;/t18-;12-;;/m11../s1. The molecule has 2 N–H and O–H groups in total. The molecule has 2 nitrogen and oxygen atoms in total. The fourth-order valence-electron chi connectivity index (χ4n) is 5.33.